The Kier molecular flexibility index (Phi) is 8.57. The number of azo groups is 2. The smallest absolute Gasteiger partial charge is 0.247 e. The molecule has 0 atom stereocenters. The molecule has 18 nitrogen and oxygen atoms in total. The van der Waals surface area contributed by atoms with E-state index in [1.54, 1.807) is 12.4 Å². The zero-order valence-electron chi connectivity index (χ0n) is 25.5. The zero-order valence-corrected chi connectivity index (χ0v) is 25.5. The van der Waals surface area contributed by atoms with E-state index < -0.39 is 0 Å². The van der Waals surface area contributed by atoms with Gasteiger partial charge in [-0.1, -0.05) is 36.4 Å². The summed E-state index contributed by atoms with van der Waals surface area (Å²) in [6.45, 7) is 3.28. The first-order valence-electron chi connectivity index (χ1n) is 15.1. The number of anilines is 2. The van der Waals surface area contributed by atoms with E-state index in [-0.39, 0.29) is 13.1 Å². The fourth-order valence-electron chi connectivity index (χ4n) is 5.48. The number of guanidine groups is 2. The second-order valence-corrected chi connectivity index (χ2v) is 10.6. The minimum Gasteiger partial charge on any atom is -0.515 e. The van der Waals surface area contributed by atoms with Crippen LogP contribution in [0, 0.1) is 0 Å². The molecule has 2 aromatic heterocycles. The van der Waals surface area contributed by atoms with Gasteiger partial charge in [-0.25, -0.2) is 9.97 Å². The van der Waals surface area contributed by atoms with Gasteiger partial charge < -0.3 is 30.8 Å². The fraction of sp³-hybridized carbons (Fsp3) is 0.200. The molecule has 2 aliphatic heterocycles. The fourth-order valence-corrected chi connectivity index (χ4v) is 5.48. The number of aromatic nitrogens is 4. The lowest BCUT2D eigenvalue weighted by molar-refractivity contribution is 0.540. The molecule has 0 spiro atoms. The number of hydrogen-bond acceptors (Lipinski definition) is 16. The van der Waals surface area contributed by atoms with E-state index in [0.717, 1.165) is 52.9 Å². The quantitative estimate of drug-likeness (QED) is 0.0602. The van der Waals surface area contributed by atoms with Gasteiger partial charge in [0.1, 0.15) is 11.6 Å². The molecule has 5 aromatic rings. The van der Waals surface area contributed by atoms with Crippen molar-refractivity contribution in [3.8, 4) is 0 Å². The van der Waals surface area contributed by atoms with Crippen LogP contribution in [0.25, 0.3) is 34.1 Å². The van der Waals surface area contributed by atoms with Crippen molar-refractivity contribution in [2.75, 3.05) is 37.0 Å². The minimum atomic E-state index is 0.118. The molecule has 10 N–H and O–H groups in total. The maximum Gasteiger partial charge on any atom is 0.247 e. The Bertz CT molecular complexity index is 2200. The Balaban J connectivity index is 1.18. The highest BCUT2D eigenvalue weighted by Gasteiger charge is 2.14. The molecule has 244 valence electrons. The Hall–Kier alpha value is -6.72. The van der Waals surface area contributed by atoms with Crippen LogP contribution < -0.4 is 42.8 Å². The highest BCUT2D eigenvalue weighted by molar-refractivity contribution is 6.01. The van der Waals surface area contributed by atoms with Crippen LogP contribution in [0.2, 0.25) is 0 Å². The maximum atomic E-state index is 10.5. The van der Waals surface area contributed by atoms with Gasteiger partial charge in [0.05, 0.1) is 51.1 Å². The number of nitrogens with one attached hydrogen (secondary N) is 8. The van der Waals surface area contributed by atoms with Crippen molar-refractivity contribution in [1.29, 1.82) is 0 Å². The molecular weight excluding hydrogens is 616 g/mol. The SMILES string of the molecule is OC=c1c2ccccc2c(=CO)c2c(CN=Nc3ncc(NNC4=NCCN4)[nH]3)c(CN=Nc3ncc(NNC4=NCCN4)[nH]3)ccc12. The average molecular weight is 649 g/mol. The summed E-state index contributed by atoms with van der Waals surface area (Å²) in [6, 6.07) is 11.4. The Labute approximate surface area is 272 Å². The number of rotatable bonds is 10. The van der Waals surface area contributed by atoms with Crippen LogP contribution in [0.4, 0.5) is 23.5 Å². The number of benzene rings is 3. The summed E-state index contributed by atoms with van der Waals surface area (Å²) < 4.78 is 0. The van der Waals surface area contributed by atoms with E-state index in [0.29, 0.717) is 64.4 Å². The first-order valence-corrected chi connectivity index (χ1v) is 15.1. The predicted molar refractivity (Wildman–Crippen MR) is 183 cm³/mol. The van der Waals surface area contributed by atoms with Gasteiger partial charge in [-0.05, 0) is 32.7 Å². The molecule has 0 bridgehead atoms. The zero-order chi connectivity index (χ0) is 32.7. The summed E-state index contributed by atoms with van der Waals surface area (Å²) in [4.78, 5) is 23.1. The lowest BCUT2D eigenvalue weighted by atomic mass is 9.92. The van der Waals surface area contributed by atoms with Gasteiger partial charge in [-0.3, -0.25) is 31.7 Å². The van der Waals surface area contributed by atoms with E-state index >= 15 is 0 Å². The highest BCUT2D eigenvalue weighted by Crippen LogP contribution is 2.24. The van der Waals surface area contributed by atoms with Gasteiger partial charge in [-0.2, -0.15) is 10.2 Å². The van der Waals surface area contributed by atoms with Crippen molar-refractivity contribution < 1.29 is 10.2 Å². The molecule has 4 heterocycles. The van der Waals surface area contributed by atoms with Crippen molar-refractivity contribution in [2.45, 2.75) is 13.1 Å². The Morgan fingerprint density at radius 1 is 0.688 bits per heavy atom. The number of imidazole rings is 2. The number of fused-ring (bicyclic) bond motifs is 2. The summed E-state index contributed by atoms with van der Waals surface area (Å²) in [7, 11) is 0. The number of aromatic amines is 2. The molecule has 2 aliphatic rings. The van der Waals surface area contributed by atoms with Crippen LogP contribution in [-0.2, 0) is 13.1 Å². The molecule has 7 rings (SSSR count). The summed E-state index contributed by atoms with van der Waals surface area (Å²) in [5.74, 6) is 3.06. The number of hydrazine groups is 2. The number of aliphatic hydroxyl groups excluding tert-OH is 2. The monoisotopic (exact) mass is 648 g/mol. The van der Waals surface area contributed by atoms with Gasteiger partial charge in [0.2, 0.25) is 23.8 Å². The number of aliphatic hydroxyl groups is 2. The number of nitrogens with zero attached hydrogens (tertiary/aromatic N) is 8. The van der Waals surface area contributed by atoms with E-state index in [9.17, 15) is 10.2 Å². The topological polar surface area (TPSA) is 244 Å². The van der Waals surface area contributed by atoms with Crippen LogP contribution in [0.5, 0.6) is 0 Å². The van der Waals surface area contributed by atoms with Crippen molar-refractivity contribution in [1.82, 2.24) is 41.4 Å². The van der Waals surface area contributed by atoms with E-state index in [1.807, 2.05) is 36.4 Å². The molecule has 0 saturated heterocycles. The van der Waals surface area contributed by atoms with Gasteiger partial charge >= 0.3 is 0 Å². The largest absolute Gasteiger partial charge is 0.515 e. The van der Waals surface area contributed by atoms with Crippen LogP contribution in [0.3, 0.4) is 0 Å². The summed E-state index contributed by atoms with van der Waals surface area (Å²) in [6.07, 6.45) is 5.34. The third kappa shape index (κ3) is 6.34. The Morgan fingerprint density at radius 3 is 1.83 bits per heavy atom. The predicted octanol–water partition coefficient (Wildman–Crippen LogP) is 2.35. The lowest BCUT2D eigenvalue weighted by Gasteiger charge is -2.13. The van der Waals surface area contributed by atoms with E-state index in [2.05, 4.69) is 82.7 Å². The van der Waals surface area contributed by atoms with Crippen molar-refractivity contribution >= 4 is 69.5 Å². The molecule has 48 heavy (non-hydrogen) atoms. The minimum absolute atomic E-state index is 0.118. The average Bonchev–Trinajstić information content (AvgIpc) is 3.95. The van der Waals surface area contributed by atoms with E-state index in [1.165, 1.54) is 0 Å². The maximum absolute atomic E-state index is 10.5. The normalized spacial score (nSPS) is 15.3. The number of aliphatic imine (C=N–C) groups is 2. The molecule has 18 heteroatoms. The van der Waals surface area contributed by atoms with Crippen LogP contribution in [0.1, 0.15) is 11.1 Å². The standard InChI is InChI=1S/C30H32N16O2/c47-15-22-18-3-1-2-4-19(18)23(16-48)26-20(22)6-5-17(11-37-43-29-35-13-24(39-29)41-45-27-31-7-8-32-27)21(26)12-38-44-30-36-14-25(40-30)42-46-28-33-9-10-34-28/h1-6,13-16,41-42,47-48H,7-12H2,(H,35,39)(H,36,40)(H2,31,32,45)(H2,33,34,46). The third-order valence-corrected chi connectivity index (χ3v) is 7.64. The summed E-state index contributed by atoms with van der Waals surface area (Å²) >= 11 is 0. The number of H-pyrrole nitrogens is 2. The molecule has 0 radical (unpaired) electrons. The first-order chi connectivity index (χ1) is 23.7. The molecular formula is C30H32N16O2. The third-order valence-electron chi connectivity index (χ3n) is 7.64. The van der Waals surface area contributed by atoms with Gasteiger partial charge in [0, 0.05) is 23.5 Å². The number of hydrogen-bond donors (Lipinski definition) is 10. The van der Waals surface area contributed by atoms with Crippen molar-refractivity contribution in [3.05, 3.63) is 70.4 Å². The van der Waals surface area contributed by atoms with Gasteiger partial charge in [0.15, 0.2) is 0 Å². The van der Waals surface area contributed by atoms with Crippen LogP contribution in [-0.4, -0.2) is 68.2 Å². The molecule has 0 fully saturated rings. The second kappa shape index (κ2) is 13.7. The molecule has 0 amide bonds. The van der Waals surface area contributed by atoms with E-state index in [4.69, 9.17) is 0 Å². The molecule has 0 aliphatic carbocycles. The highest BCUT2D eigenvalue weighted by atomic mass is 16.2. The van der Waals surface area contributed by atoms with Crippen LogP contribution in [0.15, 0.2) is 79.2 Å². The van der Waals surface area contributed by atoms with Crippen molar-refractivity contribution in [3.63, 3.8) is 0 Å². The molecule has 0 unspecified atom stereocenters. The van der Waals surface area contributed by atoms with Crippen molar-refractivity contribution in [2.24, 2.45) is 30.4 Å². The Morgan fingerprint density at radius 2 is 1.27 bits per heavy atom. The van der Waals surface area contributed by atoms with Crippen LogP contribution >= 0.6 is 0 Å². The molecule has 0 saturated carbocycles. The molecule has 3 aromatic carbocycles. The first kappa shape index (κ1) is 30.0. The lowest BCUT2D eigenvalue weighted by Crippen LogP contribution is -2.37. The van der Waals surface area contributed by atoms with Gasteiger partial charge in [-0.15, -0.1) is 10.2 Å². The summed E-state index contributed by atoms with van der Waals surface area (Å²) in [5, 5.41) is 48.7. The second-order valence-electron chi connectivity index (χ2n) is 10.6. The van der Waals surface area contributed by atoms with Gasteiger partial charge in [0.25, 0.3) is 0 Å². The summed E-state index contributed by atoms with van der Waals surface area (Å²) in [5.41, 5.74) is 13.4.